The zero-order chi connectivity index (χ0) is 16.2. The van der Waals surface area contributed by atoms with Crippen LogP contribution in [-0.2, 0) is 4.79 Å². The molecule has 1 aliphatic rings. The van der Waals surface area contributed by atoms with E-state index in [1.54, 1.807) is 14.2 Å². The van der Waals surface area contributed by atoms with Crippen molar-refractivity contribution in [3.63, 3.8) is 0 Å². The first-order chi connectivity index (χ1) is 11.2. The van der Waals surface area contributed by atoms with Crippen molar-refractivity contribution >= 4 is 11.9 Å². The van der Waals surface area contributed by atoms with E-state index in [4.69, 9.17) is 9.47 Å². The lowest BCUT2D eigenvalue weighted by atomic mass is 10.0. The fourth-order valence-corrected chi connectivity index (χ4v) is 2.49. The van der Waals surface area contributed by atoms with Gasteiger partial charge in [-0.05, 0) is 24.1 Å². The van der Waals surface area contributed by atoms with Crippen LogP contribution < -0.4 is 25.6 Å². The Bertz CT molecular complexity index is 675. The predicted octanol–water partition coefficient (Wildman–Crippen LogP) is 0.368. The van der Waals surface area contributed by atoms with E-state index >= 15 is 0 Å². The number of carbonyl (C=O) groups is 1. The van der Waals surface area contributed by atoms with Crippen LogP contribution in [0.2, 0.25) is 0 Å². The van der Waals surface area contributed by atoms with Crippen molar-refractivity contribution in [3.8, 4) is 11.5 Å². The highest BCUT2D eigenvalue weighted by Crippen LogP contribution is 2.32. The van der Waals surface area contributed by atoms with Crippen LogP contribution in [0.5, 0.6) is 11.5 Å². The van der Waals surface area contributed by atoms with Crippen molar-refractivity contribution in [2.45, 2.75) is 18.5 Å². The van der Waals surface area contributed by atoms with Crippen LogP contribution in [0.15, 0.2) is 24.5 Å². The summed E-state index contributed by atoms with van der Waals surface area (Å²) >= 11 is 0. The van der Waals surface area contributed by atoms with Gasteiger partial charge in [-0.15, -0.1) is 0 Å². The van der Waals surface area contributed by atoms with Gasteiger partial charge in [-0.25, -0.2) is 16.0 Å². The number of amides is 1. The van der Waals surface area contributed by atoms with E-state index in [9.17, 15) is 4.79 Å². The second-order valence-corrected chi connectivity index (χ2v) is 5.07. The molecule has 0 saturated carbocycles. The zero-order valence-electron chi connectivity index (χ0n) is 12.8. The lowest BCUT2D eigenvalue weighted by Gasteiger charge is -2.13. The van der Waals surface area contributed by atoms with Crippen LogP contribution in [-0.4, -0.2) is 41.3 Å². The van der Waals surface area contributed by atoms with Crippen LogP contribution in [0.1, 0.15) is 18.0 Å². The monoisotopic (exact) mass is 318 g/mol. The van der Waals surface area contributed by atoms with Crippen LogP contribution >= 0.6 is 0 Å². The van der Waals surface area contributed by atoms with Crippen molar-refractivity contribution in [3.05, 3.63) is 30.1 Å². The van der Waals surface area contributed by atoms with Crippen molar-refractivity contribution in [2.75, 3.05) is 19.5 Å². The molecule has 9 heteroatoms. The summed E-state index contributed by atoms with van der Waals surface area (Å²) in [5.41, 5.74) is 7.11. The van der Waals surface area contributed by atoms with E-state index in [2.05, 4.69) is 31.3 Å². The number of H-pyrrole nitrogens is 1. The summed E-state index contributed by atoms with van der Waals surface area (Å²) in [6, 6.07) is 5.29. The number of nitrogens with zero attached hydrogens (tertiary/aromatic N) is 2. The maximum absolute atomic E-state index is 12.2. The molecule has 2 unspecified atom stereocenters. The molecule has 1 aliphatic heterocycles. The Balaban J connectivity index is 1.66. The van der Waals surface area contributed by atoms with E-state index in [0.717, 1.165) is 5.56 Å². The first-order valence-electron chi connectivity index (χ1n) is 7.10. The summed E-state index contributed by atoms with van der Waals surface area (Å²) in [6.45, 7) is 0. The zero-order valence-corrected chi connectivity index (χ0v) is 12.8. The molecule has 4 N–H and O–H groups in total. The fraction of sp³-hybridized carbons (Fsp3) is 0.357. The minimum atomic E-state index is -0.377. The number of hydrogen-bond donors (Lipinski definition) is 4. The summed E-state index contributed by atoms with van der Waals surface area (Å²) in [4.78, 5) is 16.0. The maximum atomic E-state index is 12.2. The molecule has 0 bridgehead atoms. The molecule has 9 nitrogen and oxygen atoms in total. The number of benzene rings is 1. The molecule has 2 heterocycles. The molecule has 1 aromatic heterocycles. The molecule has 2 atom stereocenters. The Kier molecular flexibility index (Phi) is 4.40. The number of aromatic nitrogens is 3. The first kappa shape index (κ1) is 15.3. The Morgan fingerprint density at radius 1 is 1.26 bits per heavy atom. The van der Waals surface area contributed by atoms with Gasteiger partial charge in [0.2, 0.25) is 11.9 Å². The normalized spacial score (nSPS) is 20.3. The third kappa shape index (κ3) is 3.25. The second kappa shape index (κ2) is 6.63. The summed E-state index contributed by atoms with van der Waals surface area (Å²) in [5.74, 6) is 1.46. The van der Waals surface area contributed by atoms with E-state index < -0.39 is 0 Å². The van der Waals surface area contributed by atoms with Crippen LogP contribution in [0.25, 0.3) is 0 Å². The van der Waals surface area contributed by atoms with E-state index in [1.807, 2.05) is 18.2 Å². The summed E-state index contributed by atoms with van der Waals surface area (Å²) in [6.07, 6.45) is 1.93. The Morgan fingerprint density at radius 2 is 2.09 bits per heavy atom. The van der Waals surface area contributed by atoms with Gasteiger partial charge in [0.25, 0.3) is 0 Å². The van der Waals surface area contributed by atoms with Gasteiger partial charge >= 0.3 is 0 Å². The Labute approximate surface area is 132 Å². The van der Waals surface area contributed by atoms with Crippen molar-refractivity contribution in [2.24, 2.45) is 0 Å². The number of nitrogens with one attached hydrogen (secondary N) is 4. The molecule has 23 heavy (non-hydrogen) atoms. The van der Waals surface area contributed by atoms with Gasteiger partial charge in [-0.3, -0.25) is 10.1 Å². The number of ether oxygens (including phenoxy) is 2. The first-order valence-corrected chi connectivity index (χ1v) is 7.10. The second-order valence-electron chi connectivity index (χ2n) is 5.07. The third-order valence-electron chi connectivity index (χ3n) is 3.69. The van der Waals surface area contributed by atoms with Gasteiger partial charge in [0.15, 0.2) is 11.5 Å². The van der Waals surface area contributed by atoms with E-state index in [0.29, 0.717) is 23.9 Å². The number of hydrazine groups is 1. The molecule has 3 rings (SSSR count). The molecule has 122 valence electrons. The predicted molar refractivity (Wildman–Crippen MR) is 82.0 cm³/mol. The molecule has 1 amide bonds. The van der Waals surface area contributed by atoms with E-state index in [-0.39, 0.29) is 18.0 Å². The van der Waals surface area contributed by atoms with Crippen LogP contribution in [0, 0.1) is 0 Å². The van der Waals surface area contributed by atoms with Crippen molar-refractivity contribution in [1.82, 2.24) is 26.0 Å². The van der Waals surface area contributed by atoms with Gasteiger partial charge in [0.05, 0.1) is 14.2 Å². The quantitative estimate of drug-likeness (QED) is 0.630. The van der Waals surface area contributed by atoms with Crippen LogP contribution in [0.4, 0.5) is 5.95 Å². The SMILES string of the molecule is COc1ccc(C2CC(C(=O)Nc3ncn[nH]3)NN2)cc1OC. The standard InChI is InChI=1S/C14H18N6O3/c1-22-11-4-3-8(5-12(11)23-2)9-6-10(19-18-9)13(21)17-14-15-7-16-20-14/h3-5,7,9-10,18-19H,6H2,1-2H3,(H2,15,16,17,20,21). The van der Waals surface area contributed by atoms with Crippen molar-refractivity contribution in [1.29, 1.82) is 0 Å². The number of rotatable bonds is 5. The molecule has 2 aromatic rings. The molecule has 0 radical (unpaired) electrons. The smallest absolute Gasteiger partial charge is 0.245 e. The van der Waals surface area contributed by atoms with Gasteiger partial charge < -0.3 is 9.47 Å². The molecular weight excluding hydrogens is 300 g/mol. The topological polar surface area (TPSA) is 113 Å². The Hall–Kier alpha value is -2.65. The van der Waals surface area contributed by atoms with Crippen molar-refractivity contribution < 1.29 is 14.3 Å². The third-order valence-corrected chi connectivity index (χ3v) is 3.69. The summed E-state index contributed by atoms with van der Waals surface area (Å²) < 4.78 is 10.5. The minimum absolute atomic E-state index is 0.0136. The fourth-order valence-electron chi connectivity index (χ4n) is 2.49. The molecule has 1 fully saturated rings. The lowest BCUT2D eigenvalue weighted by molar-refractivity contribution is -0.117. The molecular formula is C14H18N6O3. The number of methoxy groups -OCH3 is 2. The Morgan fingerprint density at radius 3 is 2.78 bits per heavy atom. The van der Waals surface area contributed by atoms with E-state index in [1.165, 1.54) is 6.33 Å². The number of carbonyl (C=O) groups excluding carboxylic acids is 1. The highest BCUT2D eigenvalue weighted by Gasteiger charge is 2.31. The lowest BCUT2D eigenvalue weighted by Crippen LogP contribution is -2.39. The average molecular weight is 318 g/mol. The largest absolute Gasteiger partial charge is 0.493 e. The molecule has 0 aliphatic carbocycles. The number of aromatic amines is 1. The minimum Gasteiger partial charge on any atom is -0.493 e. The van der Waals surface area contributed by atoms with Gasteiger partial charge in [0, 0.05) is 6.04 Å². The molecule has 0 spiro atoms. The highest BCUT2D eigenvalue weighted by atomic mass is 16.5. The average Bonchev–Trinajstić information content (AvgIpc) is 3.25. The number of hydrogen-bond acceptors (Lipinski definition) is 7. The molecule has 1 saturated heterocycles. The van der Waals surface area contributed by atoms with Gasteiger partial charge in [-0.1, -0.05) is 6.07 Å². The summed E-state index contributed by atoms with van der Waals surface area (Å²) in [5, 5.41) is 8.94. The molecule has 1 aromatic carbocycles. The maximum Gasteiger partial charge on any atom is 0.245 e. The van der Waals surface area contributed by atoms with Gasteiger partial charge in [0.1, 0.15) is 12.4 Å². The van der Waals surface area contributed by atoms with Crippen LogP contribution in [0.3, 0.4) is 0 Å². The summed E-state index contributed by atoms with van der Waals surface area (Å²) in [7, 11) is 3.19. The number of anilines is 1. The van der Waals surface area contributed by atoms with Gasteiger partial charge in [-0.2, -0.15) is 10.1 Å². The highest BCUT2D eigenvalue weighted by molar-refractivity contribution is 5.93.